The van der Waals surface area contributed by atoms with E-state index in [1.807, 2.05) is 13.8 Å². The molecule has 2 N–H and O–H groups in total. The number of pyridine rings is 1. The molecule has 2 aliphatic rings. The minimum absolute atomic E-state index is 0.0272. The Morgan fingerprint density at radius 3 is 2.30 bits per heavy atom. The molecule has 1 fully saturated rings. The molecule has 4 rings (SSSR count). The second-order valence-corrected chi connectivity index (χ2v) is 10.1. The highest BCUT2D eigenvalue weighted by molar-refractivity contribution is 14.1. The van der Waals surface area contributed by atoms with Crippen LogP contribution in [0.2, 0.25) is 0 Å². The van der Waals surface area contributed by atoms with Gasteiger partial charge in [0.25, 0.3) is 0 Å². The molecule has 162 valence electrons. The van der Waals surface area contributed by atoms with Crippen LogP contribution in [0.3, 0.4) is 0 Å². The summed E-state index contributed by atoms with van der Waals surface area (Å²) >= 11 is 2.16. The number of aliphatic hydroxyl groups excluding tert-OH is 2. The third kappa shape index (κ3) is 3.77. The van der Waals surface area contributed by atoms with Gasteiger partial charge in [0.15, 0.2) is 0 Å². The van der Waals surface area contributed by atoms with Gasteiger partial charge in [0.05, 0.1) is 17.4 Å². The fourth-order valence-electron chi connectivity index (χ4n) is 4.84. The van der Waals surface area contributed by atoms with Crippen molar-refractivity contribution in [2.24, 2.45) is 5.41 Å². The van der Waals surface area contributed by atoms with Crippen LogP contribution in [-0.2, 0) is 12.6 Å². The lowest BCUT2D eigenvalue weighted by atomic mass is 9.59. The standard InChI is InChI=1S/C23H25F3INO2/c1-12(2)20-18(21(30)13-4-6-14(7-5-13)23(24,25)26)19(27)17-15(28-20)10-22(8-3-9-22)11-16(17)29/h4-7,12,16,21,29-30H,3,8-11H2,1-2H3/t16-,21?/m0/s1. The van der Waals surface area contributed by atoms with Crippen LogP contribution in [0.1, 0.15) is 91.3 Å². The highest BCUT2D eigenvalue weighted by atomic mass is 127. The fraction of sp³-hybridized carbons (Fsp3) is 0.522. The summed E-state index contributed by atoms with van der Waals surface area (Å²) in [5, 5.41) is 22.1. The SMILES string of the molecule is CC(C)c1nc2c(c(I)c1C(O)c1ccc(C(F)(F)F)cc1)[C@@H](O)CC1(CCC1)C2. The Morgan fingerprint density at radius 1 is 1.17 bits per heavy atom. The maximum atomic E-state index is 12.9. The summed E-state index contributed by atoms with van der Waals surface area (Å²) in [5.41, 5.74) is 2.79. The van der Waals surface area contributed by atoms with Crippen molar-refractivity contribution in [1.29, 1.82) is 0 Å². The Morgan fingerprint density at radius 2 is 1.80 bits per heavy atom. The van der Waals surface area contributed by atoms with Crippen LogP contribution in [0.15, 0.2) is 24.3 Å². The minimum atomic E-state index is -4.42. The van der Waals surface area contributed by atoms with E-state index in [1.165, 1.54) is 18.6 Å². The van der Waals surface area contributed by atoms with Gasteiger partial charge in [-0.2, -0.15) is 13.2 Å². The molecule has 2 atom stereocenters. The molecular weight excluding hydrogens is 506 g/mol. The summed E-state index contributed by atoms with van der Waals surface area (Å²) in [5.74, 6) is 0.0272. The second kappa shape index (κ2) is 7.74. The average molecular weight is 531 g/mol. The van der Waals surface area contributed by atoms with E-state index in [0.29, 0.717) is 17.5 Å². The van der Waals surface area contributed by atoms with Crippen molar-refractivity contribution in [1.82, 2.24) is 4.98 Å². The van der Waals surface area contributed by atoms with E-state index in [2.05, 4.69) is 22.6 Å². The Bertz CT molecular complexity index is 952. The Kier molecular flexibility index (Phi) is 5.68. The van der Waals surface area contributed by atoms with Crippen LogP contribution < -0.4 is 0 Å². The molecule has 1 aromatic heterocycles. The van der Waals surface area contributed by atoms with Gasteiger partial charge in [-0.3, -0.25) is 4.98 Å². The van der Waals surface area contributed by atoms with Gasteiger partial charge in [-0.25, -0.2) is 0 Å². The van der Waals surface area contributed by atoms with Crippen molar-refractivity contribution in [3.8, 4) is 0 Å². The van der Waals surface area contributed by atoms with Gasteiger partial charge >= 0.3 is 6.18 Å². The molecule has 2 aromatic rings. The third-order valence-corrected chi connectivity index (χ3v) is 7.77. The van der Waals surface area contributed by atoms with E-state index < -0.39 is 23.9 Å². The predicted molar refractivity (Wildman–Crippen MR) is 116 cm³/mol. The number of benzene rings is 1. The Balaban J connectivity index is 1.78. The Labute approximate surface area is 187 Å². The zero-order chi connectivity index (χ0) is 21.8. The van der Waals surface area contributed by atoms with Gasteiger partial charge in [0, 0.05) is 20.4 Å². The number of aliphatic hydroxyl groups is 2. The number of halogens is 4. The molecule has 1 spiro atoms. The quantitative estimate of drug-likeness (QED) is 0.474. The molecule has 0 saturated heterocycles. The highest BCUT2D eigenvalue weighted by Gasteiger charge is 2.45. The van der Waals surface area contributed by atoms with Gasteiger partial charge < -0.3 is 10.2 Å². The average Bonchev–Trinajstić information content (AvgIpc) is 2.64. The molecule has 1 saturated carbocycles. The van der Waals surface area contributed by atoms with Gasteiger partial charge in [-0.1, -0.05) is 32.4 Å². The first-order valence-corrected chi connectivity index (χ1v) is 11.4. The Hall–Kier alpha value is -1.19. The van der Waals surface area contributed by atoms with Crippen molar-refractivity contribution >= 4 is 22.6 Å². The summed E-state index contributed by atoms with van der Waals surface area (Å²) in [4.78, 5) is 4.90. The number of fused-ring (bicyclic) bond motifs is 1. The minimum Gasteiger partial charge on any atom is -0.388 e. The zero-order valence-corrected chi connectivity index (χ0v) is 19.1. The van der Waals surface area contributed by atoms with Crippen molar-refractivity contribution in [2.75, 3.05) is 0 Å². The topological polar surface area (TPSA) is 53.4 Å². The van der Waals surface area contributed by atoms with E-state index in [0.717, 1.165) is 51.9 Å². The third-order valence-electron chi connectivity index (χ3n) is 6.61. The molecule has 1 aromatic carbocycles. The van der Waals surface area contributed by atoms with E-state index in [4.69, 9.17) is 4.98 Å². The number of rotatable bonds is 3. The van der Waals surface area contributed by atoms with E-state index in [9.17, 15) is 23.4 Å². The first-order chi connectivity index (χ1) is 14.0. The molecular formula is C23H25F3INO2. The van der Waals surface area contributed by atoms with Crippen LogP contribution in [0.25, 0.3) is 0 Å². The second-order valence-electron chi connectivity index (χ2n) is 9.01. The molecule has 0 amide bonds. The van der Waals surface area contributed by atoms with Gasteiger partial charge in [-0.05, 0) is 77.3 Å². The van der Waals surface area contributed by atoms with Crippen molar-refractivity contribution in [3.05, 3.63) is 61.5 Å². The number of nitrogens with zero attached hydrogens (tertiary/aromatic N) is 1. The smallest absolute Gasteiger partial charge is 0.388 e. The van der Waals surface area contributed by atoms with Gasteiger partial charge in [0.1, 0.15) is 6.10 Å². The van der Waals surface area contributed by atoms with Crippen molar-refractivity contribution in [2.45, 2.75) is 70.3 Å². The summed E-state index contributed by atoms with van der Waals surface area (Å²) in [7, 11) is 0. The highest BCUT2D eigenvalue weighted by Crippen LogP contribution is 2.54. The van der Waals surface area contributed by atoms with Crippen molar-refractivity contribution in [3.63, 3.8) is 0 Å². The summed E-state index contributed by atoms with van der Waals surface area (Å²) in [6.07, 6.45) is -1.23. The van der Waals surface area contributed by atoms with Gasteiger partial charge in [0.2, 0.25) is 0 Å². The van der Waals surface area contributed by atoms with Crippen LogP contribution in [0.4, 0.5) is 13.2 Å². The zero-order valence-electron chi connectivity index (χ0n) is 16.9. The molecule has 1 heterocycles. The maximum absolute atomic E-state index is 12.9. The molecule has 2 aliphatic carbocycles. The lowest BCUT2D eigenvalue weighted by molar-refractivity contribution is -0.137. The van der Waals surface area contributed by atoms with E-state index in [1.54, 1.807) is 0 Å². The van der Waals surface area contributed by atoms with E-state index in [-0.39, 0.29) is 11.3 Å². The first kappa shape index (κ1) is 22.0. The number of alkyl halides is 3. The largest absolute Gasteiger partial charge is 0.416 e. The fourth-order valence-corrected chi connectivity index (χ4v) is 6.08. The monoisotopic (exact) mass is 531 g/mol. The molecule has 7 heteroatoms. The normalized spacial score (nSPS) is 21.4. The first-order valence-electron chi connectivity index (χ1n) is 10.3. The van der Waals surface area contributed by atoms with Crippen LogP contribution in [0.5, 0.6) is 0 Å². The number of aromatic nitrogens is 1. The molecule has 30 heavy (non-hydrogen) atoms. The predicted octanol–water partition coefficient (Wildman–Crippen LogP) is 6.06. The van der Waals surface area contributed by atoms with Crippen LogP contribution in [-0.4, -0.2) is 15.2 Å². The molecule has 1 unspecified atom stereocenters. The lowest BCUT2D eigenvalue weighted by Gasteiger charge is -2.47. The maximum Gasteiger partial charge on any atom is 0.416 e. The summed E-state index contributed by atoms with van der Waals surface area (Å²) in [6.45, 7) is 3.98. The van der Waals surface area contributed by atoms with E-state index >= 15 is 0 Å². The number of hydrogen-bond donors (Lipinski definition) is 2. The van der Waals surface area contributed by atoms with Crippen molar-refractivity contribution < 1.29 is 23.4 Å². The number of hydrogen-bond acceptors (Lipinski definition) is 3. The van der Waals surface area contributed by atoms with Gasteiger partial charge in [-0.15, -0.1) is 0 Å². The summed E-state index contributed by atoms with van der Waals surface area (Å²) in [6, 6.07) is 4.60. The molecule has 0 aliphatic heterocycles. The summed E-state index contributed by atoms with van der Waals surface area (Å²) < 4.78 is 39.5. The van der Waals surface area contributed by atoms with Crippen LogP contribution >= 0.6 is 22.6 Å². The molecule has 0 bridgehead atoms. The van der Waals surface area contributed by atoms with Crippen LogP contribution in [0, 0.1) is 8.99 Å². The lowest BCUT2D eigenvalue weighted by Crippen LogP contribution is -2.38. The molecule has 3 nitrogen and oxygen atoms in total. The molecule has 0 radical (unpaired) electrons.